The summed E-state index contributed by atoms with van der Waals surface area (Å²) in [4.78, 5) is 22.4. The molecule has 0 rings (SSSR count). The molecule has 4 nitrogen and oxygen atoms in total. The van der Waals surface area contributed by atoms with Gasteiger partial charge in [0.2, 0.25) is 0 Å². The van der Waals surface area contributed by atoms with E-state index in [2.05, 4.69) is 11.9 Å². The standard InChI is InChI=1S/C10H14Cl3NO3/c1-3-7(5-6-8(15)17-4-2)14-9(16)10(11,12)13/h3,7H,1,4-6H2,2H3,(H,14,16). The van der Waals surface area contributed by atoms with Crippen molar-refractivity contribution in [2.75, 3.05) is 6.61 Å². The van der Waals surface area contributed by atoms with E-state index in [1.807, 2.05) is 0 Å². The number of halogens is 3. The Morgan fingerprint density at radius 1 is 1.47 bits per heavy atom. The summed E-state index contributed by atoms with van der Waals surface area (Å²) in [6, 6.07) is -0.442. The second-order valence-electron chi connectivity index (χ2n) is 3.16. The Hall–Kier alpha value is -0.450. The average Bonchev–Trinajstić information content (AvgIpc) is 2.22. The maximum Gasteiger partial charge on any atom is 0.305 e. The first-order valence-corrected chi connectivity index (χ1v) is 6.10. The van der Waals surface area contributed by atoms with Gasteiger partial charge >= 0.3 is 5.97 Å². The van der Waals surface area contributed by atoms with Gasteiger partial charge in [0.15, 0.2) is 0 Å². The SMILES string of the molecule is C=CC(CCC(=O)OCC)NC(=O)C(Cl)(Cl)Cl. The van der Waals surface area contributed by atoms with E-state index in [9.17, 15) is 9.59 Å². The summed E-state index contributed by atoms with van der Waals surface area (Å²) >= 11 is 16.2. The van der Waals surface area contributed by atoms with Crippen LogP contribution in [0.4, 0.5) is 0 Å². The van der Waals surface area contributed by atoms with Gasteiger partial charge in [0.05, 0.1) is 6.61 Å². The molecule has 0 spiro atoms. The molecule has 98 valence electrons. The van der Waals surface area contributed by atoms with Gasteiger partial charge in [-0.05, 0) is 13.3 Å². The van der Waals surface area contributed by atoms with Crippen LogP contribution in [0.3, 0.4) is 0 Å². The van der Waals surface area contributed by atoms with Crippen LogP contribution in [0.1, 0.15) is 19.8 Å². The average molecular weight is 303 g/mol. The maximum absolute atomic E-state index is 11.3. The van der Waals surface area contributed by atoms with Crippen LogP contribution in [-0.2, 0) is 14.3 Å². The van der Waals surface area contributed by atoms with Crippen LogP contribution in [0.25, 0.3) is 0 Å². The van der Waals surface area contributed by atoms with Gasteiger partial charge in [-0.15, -0.1) is 6.58 Å². The molecule has 0 fully saturated rings. The molecule has 0 aromatic carbocycles. The lowest BCUT2D eigenvalue weighted by atomic mass is 10.1. The van der Waals surface area contributed by atoms with Crippen LogP contribution in [0, 0.1) is 0 Å². The number of hydrogen-bond donors (Lipinski definition) is 1. The van der Waals surface area contributed by atoms with Crippen molar-refractivity contribution in [3.63, 3.8) is 0 Å². The highest BCUT2D eigenvalue weighted by Crippen LogP contribution is 2.26. The Balaban J connectivity index is 4.14. The maximum atomic E-state index is 11.3. The topological polar surface area (TPSA) is 55.4 Å². The van der Waals surface area contributed by atoms with Crippen LogP contribution < -0.4 is 5.32 Å². The molecule has 0 aliphatic heterocycles. The third-order valence-electron chi connectivity index (χ3n) is 1.82. The first-order chi connectivity index (χ1) is 7.81. The highest BCUT2D eigenvalue weighted by Gasteiger charge is 2.31. The van der Waals surface area contributed by atoms with Crippen molar-refractivity contribution in [1.29, 1.82) is 0 Å². The molecule has 0 radical (unpaired) electrons. The summed E-state index contributed by atoms with van der Waals surface area (Å²) < 4.78 is 2.72. The molecule has 0 saturated heterocycles. The zero-order valence-electron chi connectivity index (χ0n) is 9.34. The van der Waals surface area contributed by atoms with Gasteiger partial charge in [-0.25, -0.2) is 0 Å². The van der Waals surface area contributed by atoms with E-state index in [0.29, 0.717) is 13.0 Å². The Morgan fingerprint density at radius 2 is 2.06 bits per heavy atom. The summed E-state index contributed by atoms with van der Waals surface area (Å²) in [7, 11) is 0. The quantitative estimate of drug-likeness (QED) is 0.465. The van der Waals surface area contributed by atoms with Crippen molar-refractivity contribution in [2.24, 2.45) is 0 Å². The number of carbonyl (C=O) groups excluding carboxylic acids is 2. The van der Waals surface area contributed by atoms with Gasteiger partial charge in [-0.2, -0.15) is 0 Å². The molecule has 17 heavy (non-hydrogen) atoms. The molecular formula is C10H14Cl3NO3. The minimum Gasteiger partial charge on any atom is -0.466 e. The zero-order chi connectivity index (χ0) is 13.5. The fourth-order valence-corrected chi connectivity index (χ4v) is 1.17. The summed E-state index contributed by atoms with van der Waals surface area (Å²) in [6.45, 7) is 5.56. The summed E-state index contributed by atoms with van der Waals surface area (Å²) in [6.07, 6.45) is 1.97. The molecule has 7 heteroatoms. The number of alkyl halides is 3. The third-order valence-corrected chi connectivity index (χ3v) is 2.34. The number of carbonyl (C=O) groups is 2. The smallest absolute Gasteiger partial charge is 0.305 e. The number of rotatable bonds is 6. The minimum absolute atomic E-state index is 0.157. The van der Waals surface area contributed by atoms with Crippen LogP contribution in [-0.4, -0.2) is 28.3 Å². The van der Waals surface area contributed by atoms with E-state index in [4.69, 9.17) is 39.5 Å². The highest BCUT2D eigenvalue weighted by molar-refractivity contribution is 6.76. The third kappa shape index (κ3) is 7.47. The van der Waals surface area contributed by atoms with Crippen molar-refractivity contribution in [3.05, 3.63) is 12.7 Å². The molecule has 0 aliphatic carbocycles. The summed E-state index contributed by atoms with van der Waals surface area (Å²) in [5, 5.41) is 2.44. The predicted octanol–water partition coefficient (Wildman–Crippen LogP) is 2.37. The molecular weight excluding hydrogens is 288 g/mol. The molecule has 0 heterocycles. The van der Waals surface area contributed by atoms with E-state index in [1.54, 1.807) is 6.92 Å². The number of nitrogens with one attached hydrogen (secondary N) is 1. The highest BCUT2D eigenvalue weighted by atomic mass is 35.6. The van der Waals surface area contributed by atoms with Crippen molar-refractivity contribution in [2.45, 2.75) is 29.6 Å². The molecule has 1 amide bonds. The first-order valence-electron chi connectivity index (χ1n) is 4.97. The van der Waals surface area contributed by atoms with Gasteiger partial charge in [0, 0.05) is 12.5 Å². The fraction of sp³-hybridized carbons (Fsp3) is 0.600. The molecule has 1 atom stereocenters. The van der Waals surface area contributed by atoms with Crippen LogP contribution in [0.2, 0.25) is 0 Å². The van der Waals surface area contributed by atoms with E-state index in [1.165, 1.54) is 6.08 Å². The zero-order valence-corrected chi connectivity index (χ0v) is 11.6. The monoisotopic (exact) mass is 301 g/mol. The van der Waals surface area contributed by atoms with Gasteiger partial charge in [0.1, 0.15) is 0 Å². The predicted molar refractivity (Wildman–Crippen MR) is 68.3 cm³/mol. The number of hydrogen-bond acceptors (Lipinski definition) is 3. The van der Waals surface area contributed by atoms with Gasteiger partial charge in [-0.3, -0.25) is 9.59 Å². The second kappa shape index (κ2) is 7.80. The van der Waals surface area contributed by atoms with Crippen LogP contribution in [0.15, 0.2) is 12.7 Å². The number of ether oxygens (including phenoxy) is 1. The Labute approximate surface area is 115 Å². The summed E-state index contributed by atoms with van der Waals surface area (Å²) in [5.74, 6) is -1.10. The lowest BCUT2D eigenvalue weighted by Crippen LogP contribution is -2.40. The molecule has 0 bridgehead atoms. The van der Waals surface area contributed by atoms with Gasteiger partial charge in [0.25, 0.3) is 9.70 Å². The molecule has 0 aromatic heterocycles. The largest absolute Gasteiger partial charge is 0.466 e. The van der Waals surface area contributed by atoms with Crippen LogP contribution >= 0.6 is 34.8 Å². The summed E-state index contributed by atoms with van der Waals surface area (Å²) in [5.41, 5.74) is 0. The lowest BCUT2D eigenvalue weighted by Gasteiger charge is -2.17. The Bertz CT molecular complexity index is 289. The van der Waals surface area contributed by atoms with Crippen LogP contribution in [0.5, 0.6) is 0 Å². The molecule has 0 aromatic rings. The molecule has 0 saturated carbocycles. The Morgan fingerprint density at radius 3 is 2.47 bits per heavy atom. The van der Waals surface area contributed by atoms with Crippen molar-refractivity contribution in [1.82, 2.24) is 5.32 Å². The van der Waals surface area contributed by atoms with Crippen molar-refractivity contribution >= 4 is 46.7 Å². The van der Waals surface area contributed by atoms with Crippen molar-refractivity contribution in [3.8, 4) is 0 Å². The van der Waals surface area contributed by atoms with E-state index < -0.39 is 15.7 Å². The Kier molecular flexibility index (Phi) is 7.59. The van der Waals surface area contributed by atoms with Crippen molar-refractivity contribution < 1.29 is 14.3 Å². The lowest BCUT2D eigenvalue weighted by molar-refractivity contribution is -0.143. The molecule has 1 N–H and O–H groups in total. The van der Waals surface area contributed by atoms with Gasteiger partial charge < -0.3 is 10.1 Å². The number of esters is 1. The van der Waals surface area contributed by atoms with E-state index >= 15 is 0 Å². The minimum atomic E-state index is -2.02. The van der Waals surface area contributed by atoms with Gasteiger partial charge in [-0.1, -0.05) is 40.9 Å². The number of amides is 1. The first kappa shape index (κ1) is 16.6. The van der Waals surface area contributed by atoms with E-state index in [0.717, 1.165) is 0 Å². The molecule has 0 aliphatic rings. The second-order valence-corrected chi connectivity index (χ2v) is 5.44. The van der Waals surface area contributed by atoms with E-state index in [-0.39, 0.29) is 12.4 Å². The fourth-order valence-electron chi connectivity index (χ4n) is 1.01. The molecule has 1 unspecified atom stereocenters. The normalized spacial score (nSPS) is 12.7.